The first-order valence-corrected chi connectivity index (χ1v) is 11.0. The molecule has 0 bridgehead atoms. The molecule has 0 heterocycles. The summed E-state index contributed by atoms with van der Waals surface area (Å²) in [4.78, 5) is 25.5. The van der Waals surface area contributed by atoms with Gasteiger partial charge >= 0.3 is 0 Å². The maximum Gasteiger partial charge on any atom is 0.265 e. The number of hydrogen-bond donors (Lipinski definition) is 2. The Balaban J connectivity index is 1.71. The summed E-state index contributed by atoms with van der Waals surface area (Å²) in [7, 11) is 0. The van der Waals surface area contributed by atoms with Crippen molar-refractivity contribution in [2.24, 2.45) is 0 Å². The van der Waals surface area contributed by atoms with E-state index in [1.807, 2.05) is 26.8 Å². The van der Waals surface area contributed by atoms with Crippen LogP contribution in [-0.4, -0.2) is 24.0 Å². The highest BCUT2D eigenvalue weighted by Crippen LogP contribution is 2.26. The zero-order valence-electron chi connectivity index (χ0n) is 18.2. The summed E-state index contributed by atoms with van der Waals surface area (Å²) in [6.45, 7) is 5.89. The predicted octanol–water partition coefficient (Wildman–Crippen LogP) is 4.89. The molecule has 2 aromatic carbocycles. The highest BCUT2D eigenvalue weighted by Gasteiger charge is 2.22. The van der Waals surface area contributed by atoms with Gasteiger partial charge in [0, 0.05) is 6.04 Å². The number of para-hydroxylation sites is 1. The van der Waals surface area contributed by atoms with Gasteiger partial charge in [0.25, 0.3) is 11.8 Å². The zero-order chi connectivity index (χ0) is 21.5. The lowest BCUT2D eigenvalue weighted by molar-refractivity contribution is -0.122. The van der Waals surface area contributed by atoms with Gasteiger partial charge in [-0.15, -0.1) is 0 Å². The number of ether oxygens (including phenoxy) is 1. The predicted molar refractivity (Wildman–Crippen MR) is 120 cm³/mol. The Morgan fingerprint density at radius 1 is 1.00 bits per heavy atom. The number of benzene rings is 2. The standard InChI is InChI=1S/C25H32N2O3/c1-4-17(3)26-24(28)21-12-8-9-13-22(21)27-25(29)23(5-2)30-20-15-14-18-10-6-7-11-19(18)16-20/h8-9,12-17,23H,4-7,10-11H2,1-3H3,(H,26,28)(H,27,29)/t17-,23-/m1/s1. The fourth-order valence-corrected chi connectivity index (χ4v) is 3.68. The van der Waals surface area contributed by atoms with Crippen LogP contribution in [0.2, 0.25) is 0 Å². The number of carbonyl (C=O) groups is 2. The van der Waals surface area contributed by atoms with Crippen molar-refractivity contribution in [2.75, 3.05) is 5.32 Å². The van der Waals surface area contributed by atoms with Gasteiger partial charge in [-0.3, -0.25) is 9.59 Å². The number of aryl methyl sites for hydroxylation is 2. The van der Waals surface area contributed by atoms with Crippen LogP contribution in [0.5, 0.6) is 5.75 Å². The first-order chi connectivity index (χ1) is 14.5. The van der Waals surface area contributed by atoms with Gasteiger partial charge in [-0.1, -0.05) is 32.0 Å². The Morgan fingerprint density at radius 3 is 2.47 bits per heavy atom. The molecule has 2 aromatic rings. The highest BCUT2D eigenvalue weighted by molar-refractivity contribution is 6.04. The molecule has 2 atom stereocenters. The molecule has 0 fully saturated rings. The monoisotopic (exact) mass is 408 g/mol. The average molecular weight is 409 g/mol. The Labute approximate surface area is 179 Å². The summed E-state index contributed by atoms with van der Waals surface area (Å²) in [6, 6.07) is 13.3. The first-order valence-electron chi connectivity index (χ1n) is 11.0. The molecule has 0 saturated carbocycles. The molecule has 0 spiro atoms. The Morgan fingerprint density at radius 2 is 1.73 bits per heavy atom. The Hall–Kier alpha value is -2.82. The number of amides is 2. The van der Waals surface area contributed by atoms with Crippen LogP contribution >= 0.6 is 0 Å². The molecule has 0 radical (unpaired) electrons. The number of nitrogens with one attached hydrogen (secondary N) is 2. The molecular weight excluding hydrogens is 376 g/mol. The summed E-state index contributed by atoms with van der Waals surface area (Å²) < 4.78 is 6.03. The third-order valence-electron chi connectivity index (χ3n) is 5.68. The van der Waals surface area contributed by atoms with Crippen LogP contribution in [0.3, 0.4) is 0 Å². The third-order valence-corrected chi connectivity index (χ3v) is 5.68. The van der Waals surface area contributed by atoms with Gasteiger partial charge in [-0.05, 0) is 80.8 Å². The summed E-state index contributed by atoms with van der Waals surface area (Å²) in [6.07, 6.45) is 5.35. The maximum atomic E-state index is 12.9. The van der Waals surface area contributed by atoms with Crippen molar-refractivity contribution in [3.8, 4) is 5.75 Å². The van der Waals surface area contributed by atoms with Crippen molar-refractivity contribution in [1.82, 2.24) is 5.32 Å². The van der Waals surface area contributed by atoms with Crippen LogP contribution in [-0.2, 0) is 17.6 Å². The fraction of sp³-hybridized carbons (Fsp3) is 0.440. The average Bonchev–Trinajstić information content (AvgIpc) is 2.77. The topological polar surface area (TPSA) is 67.4 Å². The van der Waals surface area contributed by atoms with E-state index in [0.29, 0.717) is 17.7 Å². The van der Waals surface area contributed by atoms with Crippen molar-refractivity contribution in [2.45, 2.75) is 71.4 Å². The van der Waals surface area contributed by atoms with E-state index in [4.69, 9.17) is 4.74 Å². The molecule has 5 heteroatoms. The van der Waals surface area contributed by atoms with E-state index in [-0.39, 0.29) is 17.9 Å². The van der Waals surface area contributed by atoms with Gasteiger partial charge in [0.15, 0.2) is 6.10 Å². The van der Waals surface area contributed by atoms with Crippen LogP contribution in [0, 0.1) is 0 Å². The highest BCUT2D eigenvalue weighted by atomic mass is 16.5. The second-order valence-electron chi connectivity index (χ2n) is 7.97. The summed E-state index contributed by atoms with van der Waals surface area (Å²) >= 11 is 0. The SMILES string of the molecule is CC[C@@H](C)NC(=O)c1ccccc1NC(=O)[C@@H](CC)Oc1ccc2c(c1)CCCC2. The van der Waals surface area contributed by atoms with E-state index < -0.39 is 6.10 Å². The lowest BCUT2D eigenvalue weighted by atomic mass is 9.92. The lowest BCUT2D eigenvalue weighted by Gasteiger charge is -2.21. The van der Waals surface area contributed by atoms with Gasteiger partial charge in [0.2, 0.25) is 0 Å². The van der Waals surface area contributed by atoms with E-state index in [9.17, 15) is 9.59 Å². The maximum absolute atomic E-state index is 12.9. The molecule has 5 nitrogen and oxygen atoms in total. The lowest BCUT2D eigenvalue weighted by Crippen LogP contribution is -2.35. The number of anilines is 1. The van der Waals surface area contributed by atoms with Gasteiger partial charge in [-0.2, -0.15) is 0 Å². The molecule has 0 unspecified atom stereocenters. The summed E-state index contributed by atoms with van der Waals surface area (Å²) in [5, 5.41) is 5.84. The van der Waals surface area contributed by atoms with Crippen LogP contribution in [0.4, 0.5) is 5.69 Å². The zero-order valence-corrected chi connectivity index (χ0v) is 18.2. The second-order valence-corrected chi connectivity index (χ2v) is 7.97. The Kier molecular flexibility index (Phi) is 7.50. The largest absolute Gasteiger partial charge is 0.481 e. The van der Waals surface area contributed by atoms with Crippen molar-refractivity contribution in [3.05, 3.63) is 59.2 Å². The number of rotatable bonds is 8. The smallest absolute Gasteiger partial charge is 0.265 e. The van der Waals surface area contributed by atoms with E-state index in [1.165, 1.54) is 24.0 Å². The van der Waals surface area contributed by atoms with Crippen molar-refractivity contribution in [3.63, 3.8) is 0 Å². The number of carbonyl (C=O) groups excluding carboxylic acids is 2. The number of fused-ring (bicyclic) bond motifs is 1. The molecule has 0 aromatic heterocycles. The van der Waals surface area contributed by atoms with Crippen LogP contribution in [0.15, 0.2) is 42.5 Å². The van der Waals surface area contributed by atoms with Gasteiger partial charge in [0.1, 0.15) is 5.75 Å². The molecule has 1 aliphatic rings. The quantitative estimate of drug-likeness (QED) is 0.653. The molecule has 1 aliphatic carbocycles. The van der Waals surface area contributed by atoms with Crippen molar-refractivity contribution < 1.29 is 14.3 Å². The first kappa shape index (κ1) is 21.9. The van der Waals surface area contributed by atoms with E-state index in [2.05, 4.69) is 22.8 Å². The van der Waals surface area contributed by atoms with Crippen LogP contribution in [0.25, 0.3) is 0 Å². The second kappa shape index (κ2) is 10.3. The minimum Gasteiger partial charge on any atom is -0.481 e. The summed E-state index contributed by atoms with van der Waals surface area (Å²) in [5.74, 6) is 0.281. The van der Waals surface area contributed by atoms with Gasteiger partial charge in [0.05, 0.1) is 11.3 Å². The van der Waals surface area contributed by atoms with Crippen LogP contribution < -0.4 is 15.4 Å². The molecule has 30 heavy (non-hydrogen) atoms. The minimum atomic E-state index is -0.627. The normalized spacial score (nSPS) is 14.9. The van der Waals surface area contributed by atoms with Gasteiger partial charge < -0.3 is 15.4 Å². The molecule has 0 saturated heterocycles. The van der Waals surface area contributed by atoms with E-state index in [1.54, 1.807) is 24.3 Å². The molecule has 160 valence electrons. The molecule has 2 amide bonds. The van der Waals surface area contributed by atoms with Crippen molar-refractivity contribution in [1.29, 1.82) is 0 Å². The third kappa shape index (κ3) is 5.41. The van der Waals surface area contributed by atoms with Crippen molar-refractivity contribution >= 4 is 17.5 Å². The molecule has 2 N–H and O–H groups in total. The molecule has 0 aliphatic heterocycles. The summed E-state index contributed by atoms with van der Waals surface area (Å²) in [5.41, 5.74) is 3.65. The number of hydrogen-bond acceptors (Lipinski definition) is 3. The molecular formula is C25H32N2O3. The minimum absolute atomic E-state index is 0.0667. The van der Waals surface area contributed by atoms with Gasteiger partial charge in [-0.25, -0.2) is 0 Å². The van der Waals surface area contributed by atoms with Crippen LogP contribution in [0.1, 0.15) is 67.9 Å². The molecule has 3 rings (SSSR count). The fourth-order valence-electron chi connectivity index (χ4n) is 3.68. The Bertz CT molecular complexity index is 894. The van der Waals surface area contributed by atoms with E-state index >= 15 is 0 Å². The van der Waals surface area contributed by atoms with E-state index in [0.717, 1.165) is 25.0 Å².